The Morgan fingerprint density at radius 3 is 2.84 bits per heavy atom. The average molecular weight is 282 g/mol. The summed E-state index contributed by atoms with van der Waals surface area (Å²) in [5, 5.41) is 4.46. The molecule has 0 saturated heterocycles. The number of methoxy groups -OCH3 is 1. The maximum absolute atomic E-state index is 6.07. The molecule has 1 saturated carbocycles. The number of nitrogens with one attached hydrogen (secondary N) is 1. The summed E-state index contributed by atoms with van der Waals surface area (Å²) in [4.78, 5) is 0. The smallest absolute Gasteiger partial charge is 0.123 e. The highest BCUT2D eigenvalue weighted by Gasteiger charge is 2.31. The molecule has 2 nitrogen and oxygen atoms in total. The zero-order valence-electron chi connectivity index (χ0n) is 12.1. The number of rotatable bonds is 4. The molecular formula is C16H24ClNO. The van der Waals surface area contributed by atoms with Crippen LogP contribution in [0.5, 0.6) is 5.75 Å². The van der Waals surface area contributed by atoms with Crippen molar-refractivity contribution in [2.24, 2.45) is 5.41 Å². The van der Waals surface area contributed by atoms with Crippen molar-refractivity contribution < 1.29 is 4.74 Å². The summed E-state index contributed by atoms with van der Waals surface area (Å²) < 4.78 is 5.39. The van der Waals surface area contributed by atoms with Crippen LogP contribution in [-0.2, 0) is 6.54 Å². The van der Waals surface area contributed by atoms with E-state index in [9.17, 15) is 0 Å². The van der Waals surface area contributed by atoms with E-state index < -0.39 is 0 Å². The summed E-state index contributed by atoms with van der Waals surface area (Å²) in [6, 6.07) is 6.37. The summed E-state index contributed by atoms with van der Waals surface area (Å²) in [7, 11) is 1.71. The number of benzene rings is 1. The van der Waals surface area contributed by atoms with Crippen LogP contribution in [0.1, 0.15) is 45.1 Å². The molecule has 0 bridgehead atoms. The van der Waals surface area contributed by atoms with Gasteiger partial charge < -0.3 is 10.1 Å². The van der Waals surface area contributed by atoms with Crippen molar-refractivity contribution in [2.45, 2.75) is 52.1 Å². The van der Waals surface area contributed by atoms with E-state index in [-0.39, 0.29) is 0 Å². The minimum absolute atomic E-state index is 0.379. The first-order chi connectivity index (χ1) is 9.03. The highest BCUT2D eigenvalue weighted by molar-refractivity contribution is 6.30. The molecular weight excluding hydrogens is 258 g/mol. The lowest BCUT2D eigenvalue weighted by atomic mass is 9.73. The molecule has 1 aliphatic carbocycles. The van der Waals surface area contributed by atoms with Crippen molar-refractivity contribution in [3.05, 3.63) is 28.8 Å². The van der Waals surface area contributed by atoms with Gasteiger partial charge in [-0.3, -0.25) is 0 Å². The van der Waals surface area contributed by atoms with Gasteiger partial charge in [0.25, 0.3) is 0 Å². The van der Waals surface area contributed by atoms with E-state index in [0.717, 1.165) is 22.9 Å². The predicted octanol–water partition coefficient (Wildman–Crippen LogP) is 4.41. The van der Waals surface area contributed by atoms with Crippen LogP contribution in [0.3, 0.4) is 0 Å². The largest absolute Gasteiger partial charge is 0.496 e. The third-order valence-corrected chi connectivity index (χ3v) is 4.52. The third kappa shape index (κ3) is 3.64. The molecule has 0 spiro atoms. The first-order valence-electron chi connectivity index (χ1n) is 7.09. The molecule has 0 aromatic heterocycles. The number of hydrogen-bond donors (Lipinski definition) is 1. The van der Waals surface area contributed by atoms with Crippen LogP contribution in [0, 0.1) is 5.41 Å². The van der Waals surface area contributed by atoms with Gasteiger partial charge in [-0.2, -0.15) is 0 Å². The van der Waals surface area contributed by atoms with E-state index in [4.69, 9.17) is 16.3 Å². The van der Waals surface area contributed by atoms with Gasteiger partial charge in [0.2, 0.25) is 0 Å². The maximum Gasteiger partial charge on any atom is 0.123 e. The predicted molar refractivity (Wildman–Crippen MR) is 80.9 cm³/mol. The molecule has 0 radical (unpaired) electrons. The molecule has 1 N–H and O–H groups in total. The molecule has 19 heavy (non-hydrogen) atoms. The molecule has 1 aromatic carbocycles. The molecule has 1 unspecified atom stereocenters. The van der Waals surface area contributed by atoms with E-state index in [2.05, 4.69) is 19.2 Å². The lowest BCUT2D eigenvalue weighted by Gasteiger charge is -2.39. The van der Waals surface area contributed by atoms with Gasteiger partial charge >= 0.3 is 0 Å². The van der Waals surface area contributed by atoms with Crippen LogP contribution in [0.4, 0.5) is 0 Å². The number of ether oxygens (including phenoxy) is 1. The van der Waals surface area contributed by atoms with E-state index >= 15 is 0 Å². The van der Waals surface area contributed by atoms with Gasteiger partial charge in [-0.05, 0) is 36.5 Å². The van der Waals surface area contributed by atoms with Crippen molar-refractivity contribution in [1.29, 1.82) is 0 Å². The third-order valence-electron chi connectivity index (χ3n) is 4.29. The van der Waals surface area contributed by atoms with Crippen molar-refractivity contribution >= 4 is 11.6 Å². The molecule has 3 heteroatoms. The van der Waals surface area contributed by atoms with Gasteiger partial charge in [-0.15, -0.1) is 0 Å². The van der Waals surface area contributed by atoms with E-state index in [0.29, 0.717) is 11.5 Å². The van der Waals surface area contributed by atoms with Crippen molar-refractivity contribution in [2.75, 3.05) is 7.11 Å². The molecule has 0 heterocycles. The first kappa shape index (κ1) is 14.7. The molecule has 0 aliphatic heterocycles. The normalized spacial score (nSPS) is 22.2. The van der Waals surface area contributed by atoms with Crippen LogP contribution in [0.25, 0.3) is 0 Å². The Labute approximate surface area is 121 Å². The Hall–Kier alpha value is -0.730. The van der Waals surface area contributed by atoms with Gasteiger partial charge in [0.05, 0.1) is 7.11 Å². The Bertz CT molecular complexity index is 431. The molecule has 106 valence electrons. The lowest BCUT2D eigenvalue weighted by molar-refractivity contribution is 0.166. The first-order valence-corrected chi connectivity index (χ1v) is 7.46. The monoisotopic (exact) mass is 281 g/mol. The fraction of sp³-hybridized carbons (Fsp3) is 0.625. The van der Waals surface area contributed by atoms with Gasteiger partial charge in [-0.25, -0.2) is 0 Å². The number of hydrogen-bond acceptors (Lipinski definition) is 2. The minimum Gasteiger partial charge on any atom is -0.496 e. The van der Waals surface area contributed by atoms with E-state index in [1.54, 1.807) is 7.11 Å². The van der Waals surface area contributed by atoms with Crippen LogP contribution in [0.15, 0.2) is 18.2 Å². The molecule has 0 amide bonds. The fourth-order valence-corrected chi connectivity index (χ4v) is 3.19. The zero-order valence-corrected chi connectivity index (χ0v) is 12.9. The van der Waals surface area contributed by atoms with Crippen LogP contribution in [-0.4, -0.2) is 13.2 Å². The summed E-state index contributed by atoms with van der Waals surface area (Å²) >= 11 is 6.07. The maximum atomic E-state index is 6.07. The molecule has 1 aliphatic rings. The second-order valence-corrected chi connectivity index (χ2v) is 6.56. The van der Waals surface area contributed by atoms with Crippen LogP contribution in [0.2, 0.25) is 5.02 Å². The van der Waals surface area contributed by atoms with Gasteiger partial charge in [-0.1, -0.05) is 38.3 Å². The Morgan fingerprint density at radius 1 is 1.37 bits per heavy atom. The van der Waals surface area contributed by atoms with E-state index in [1.165, 1.54) is 25.7 Å². The zero-order chi connectivity index (χ0) is 13.9. The van der Waals surface area contributed by atoms with Crippen LogP contribution < -0.4 is 10.1 Å². The molecule has 1 fully saturated rings. The standard InChI is InChI=1S/C16H24ClNO/c1-16(2)9-5-4-6-15(16)18-11-12-10-13(17)7-8-14(12)19-3/h7-8,10,15,18H,4-6,9,11H2,1-3H3. The average Bonchev–Trinajstić information content (AvgIpc) is 2.37. The summed E-state index contributed by atoms with van der Waals surface area (Å²) in [5.41, 5.74) is 1.51. The Morgan fingerprint density at radius 2 is 2.16 bits per heavy atom. The molecule has 1 atom stereocenters. The quantitative estimate of drug-likeness (QED) is 0.883. The van der Waals surface area contributed by atoms with E-state index in [1.807, 2.05) is 18.2 Å². The molecule has 2 rings (SSSR count). The second-order valence-electron chi connectivity index (χ2n) is 6.12. The highest BCUT2D eigenvalue weighted by Crippen LogP contribution is 2.35. The van der Waals surface area contributed by atoms with Gasteiger partial charge in [0, 0.05) is 23.2 Å². The van der Waals surface area contributed by atoms with Crippen molar-refractivity contribution in [3.8, 4) is 5.75 Å². The van der Waals surface area contributed by atoms with Gasteiger partial charge in [0.1, 0.15) is 5.75 Å². The summed E-state index contributed by atoms with van der Waals surface area (Å²) in [5.74, 6) is 0.908. The topological polar surface area (TPSA) is 21.3 Å². The van der Waals surface area contributed by atoms with Crippen molar-refractivity contribution in [3.63, 3.8) is 0 Å². The molecule has 1 aromatic rings. The fourth-order valence-electron chi connectivity index (χ4n) is 2.99. The minimum atomic E-state index is 0.379. The summed E-state index contributed by atoms with van der Waals surface area (Å²) in [6.07, 6.45) is 5.24. The summed E-state index contributed by atoms with van der Waals surface area (Å²) in [6.45, 7) is 5.54. The van der Waals surface area contributed by atoms with Gasteiger partial charge in [0.15, 0.2) is 0 Å². The Kier molecular flexibility index (Phi) is 4.75. The SMILES string of the molecule is COc1ccc(Cl)cc1CNC1CCCCC1(C)C. The highest BCUT2D eigenvalue weighted by atomic mass is 35.5. The second kappa shape index (κ2) is 6.15. The number of halogens is 1. The van der Waals surface area contributed by atoms with Crippen molar-refractivity contribution in [1.82, 2.24) is 5.32 Å². The lowest BCUT2D eigenvalue weighted by Crippen LogP contribution is -2.43. The Balaban J connectivity index is 2.03. The van der Waals surface area contributed by atoms with Crippen LogP contribution >= 0.6 is 11.6 Å².